The second-order valence-corrected chi connectivity index (χ2v) is 5.53. The summed E-state index contributed by atoms with van der Waals surface area (Å²) in [5, 5.41) is 4.00. The molecule has 2 heterocycles. The lowest BCUT2D eigenvalue weighted by molar-refractivity contribution is 0.177. The van der Waals surface area contributed by atoms with Crippen LogP contribution in [0.5, 0.6) is 0 Å². The Bertz CT molecular complexity index is 386. The predicted molar refractivity (Wildman–Crippen MR) is 67.6 cm³/mol. The Kier molecular flexibility index (Phi) is 3.61. The fourth-order valence-corrected chi connectivity index (χ4v) is 3.54. The summed E-state index contributed by atoms with van der Waals surface area (Å²) in [4.78, 5) is 6.85. The van der Waals surface area contributed by atoms with E-state index in [4.69, 9.17) is 10.3 Å². The number of hydrogen-bond acceptors (Lipinski definition) is 5. The van der Waals surface area contributed by atoms with Crippen LogP contribution in [0.25, 0.3) is 0 Å². The molecule has 0 bridgehead atoms. The standard InChI is InChI=1S/C13H22N4O/c14-8-13-15-12(16-18-13)9-17-7-3-6-11(17)10-4-1-2-5-10/h10-11H,1-9,14H2. The summed E-state index contributed by atoms with van der Waals surface area (Å²) in [6, 6.07) is 0.743. The quantitative estimate of drug-likeness (QED) is 0.880. The Labute approximate surface area is 108 Å². The maximum atomic E-state index is 5.49. The Morgan fingerprint density at radius 3 is 2.78 bits per heavy atom. The van der Waals surface area contributed by atoms with Gasteiger partial charge in [0.1, 0.15) is 0 Å². The molecule has 0 aromatic carbocycles. The highest BCUT2D eigenvalue weighted by Gasteiger charge is 2.33. The van der Waals surface area contributed by atoms with Crippen LogP contribution in [0.4, 0.5) is 0 Å². The second kappa shape index (κ2) is 5.36. The van der Waals surface area contributed by atoms with E-state index in [2.05, 4.69) is 15.0 Å². The fourth-order valence-electron chi connectivity index (χ4n) is 3.54. The summed E-state index contributed by atoms with van der Waals surface area (Å²) in [7, 11) is 0. The minimum absolute atomic E-state index is 0.332. The topological polar surface area (TPSA) is 68.2 Å². The molecule has 1 aromatic heterocycles. The van der Waals surface area contributed by atoms with E-state index in [1.807, 2.05) is 0 Å². The van der Waals surface area contributed by atoms with Gasteiger partial charge in [-0.3, -0.25) is 4.90 Å². The number of nitrogens with two attached hydrogens (primary N) is 1. The summed E-state index contributed by atoms with van der Waals surface area (Å²) in [5.41, 5.74) is 5.49. The predicted octanol–water partition coefficient (Wildman–Crippen LogP) is 1.68. The summed E-state index contributed by atoms with van der Waals surface area (Å²) in [6.07, 6.45) is 8.28. The van der Waals surface area contributed by atoms with E-state index in [0.29, 0.717) is 12.4 Å². The molecule has 1 unspecified atom stereocenters. The average Bonchev–Trinajstić information content (AvgIpc) is 3.09. The third-order valence-corrected chi connectivity index (χ3v) is 4.39. The van der Waals surface area contributed by atoms with Crippen molar-refractivity contribution in [2.24, 2.45) is 11.7 Å². The van der Waals surface area contributed by atoms with Gasteiger partial charge in [-0.1, -0.05) is 18.0 Å². The summed E-state index contributed by atoms with van der Waals surface area (Å²) in [6.45, 7) is 2.33. The Morgan fingerprint density at radius 2 is 2.06 bits per heavy atom. The van der Waals surface area contributed by atoms with Crippen molar-refractivity contribution in [3.05, 3.63) is 11.7 Å². The molecule has 1 aliphatic carbocycles. The Hall–Kier alpha value is -0.940. The van der Waals surface area contributed by atoms with Crippen molar-refractivity contribution in [3.8, 4) is 0 Å². The van der Waals surface area contributed by atoms with E-state index in [-0.39, 0.29) is 0 Å². The second-order valence-electron chi connectivity index (χ2n) is 5.53. The van der Waals surface area contributed by atoms with Gasteiger partial charge in [-0.05, 0) is 38.1 Å². The first kappa shape index (κ1) is 12.1. The van der Waals surface area contributed by atoms with Crippen LogP contribution in [-0.2, 0) is 13.1 Å². The van der Waals surface area contributed by atoms with Gasteiger partial charge < -0.3 is 10.3 Å². The first-order valence-corrected chi connectivity index (χ1v) is 7.12. The van der Waals surface area contributed by atoms with E-state index >= 15 is 0 Å². The average molecular weight is 250 g/mol. The van der Waals surface area contributed by atoms with Crippen molar-refractivity contribution in [3.63, 3.8) is 0 Å². The van der Waals surface area contributed by atoms with Gasteiger partial charge in [-0.2, -0.15) is 4.98 Å². The molecule has 1 aromatic rings. The molecule has 0 amide bonds. The van der Waals surface area contributed by atoms with E-state index < -0.39 is 0 Å². The van der Waals surface area contributed by atoms with Gasteiger partial charge in [-0.25, -0.2) is 0 Å². The van der Waals surface area contributed by atoms with Crippen LogP contribution < -0.4 is 5.73 Å². The van der Waals surface area contributed by atoms with Crippen LogP contribution in [0.3, 0.4) is 0 Å². The van der Waals surface area contributed by atoms with Crippen LogP contribution in [0.15, 0.2) is 4.52 Å². The fraction of sp³-hybridized carbons (Fsp3) is 0.846. The molecule has 1 saturated carbocycles. The maximum absolute atomic E-state index is 5.49. The van der Waals surface area contributed by atoms with Crippen molar-refractivity contribution < 1.29 is 4.52 Å². The van der Waals surface area contributed by atoms with Gasteiger partial charge in [0.05, 0.1) is 13.1 Å². The maximum Gasteiger partial charge on any atom is 0.240 e. The molecule has 0 spiro atoms. The van der Waals surface area contributed by atoms with Crippen molar-refractivity contribution in [2.45, 2.75) is 57.7 Å². The van der Waals surface area contributed by atoms with Crippen LogP contribution in [0, 0.1) is 5.92 Å². The van der Waals surface area contributed by atoms with Gasteiger partial charge in [0.25, 0.3) is 0 Å². The van der Waals surface area contributed by atoms with Gasteiger partial charge >= 0.3 is 0 Å². The minimum Gasteiger partial charge on any atom is -0.338 e. The molecule has 18 heavy (non-hydrogen) atoms. The molecule has 2 N–H and O–H groups in total. The highest BCUT2D eigenvalue weighted by atomic mass is 16.5. The number of nitrogens with zero attached hydrogens (tertiary/aromatic N) is 3. The van der Waals surface area contributed by atoms with Crippen LogP contribution in [0.1, 0.15) is 50.2 Å². The molecule has 5 heteroatoms. The van der Waals surface area contributed by atoms with E-state index in [1.165, 1.54) is 45.1 Å². The molecular weight excluding hydrogens is 228 g/mol. The zero-order valence-corrected chi connectivity index (χ0v) is 10.8. The lowest BCUT2D eigenvalue weighted by Gasteiger charge is -2.28. The Morgan fingerprint density at radius 1 is 1.22 bits per heavy atom. The summed E-state index contributed by atoms with van der Waals surface area (Å²) >= 11 is 0. The molecule has 1 atom stereocenters. The molecule has 1 saturated heterocycles. The highest BCUT2D eigenvalue weighted by Crippen LogP contribution is 2.35. The van der Waals surface area contributed by atoms with Gasteiger partial charge in [-0.15, -0.1) is 0 Å². The smallest absolute Gasteiger partial charge is 0.240 e. The monoisotopic (exact) mass is 250 g/mol. The van der Waals surface area contributed by atoms with Crippen LogP contribution >= 0.6 is 0 Å². The van der Waals surface area contributed by atoms with Crippen LogP contribution in [-0.4, -0.2) is 27.6 Å². The molecular formula is C13H22N4O. The zero-order chi connectivity index (χ0) is 12.4. The van der Waals surface area contributed by atoms with Crippen molar-refractivity contribution in [1.29, 1.82) is 0 Å². The lowest BCUT2D eigenvalue weighted by Crippen LogP contribution is -2.34. The molecule has 0 radical (unpaired) electrons. The first-order chi connectivity index (χ1) is 8.86. The highest BCUT2D eigenvalue weighted by molar-refractivity contribution is 4.92. The number of aromatic nitrogens is 2. The number of likely N-dealkylation sites (tertiary alicyclic amines) is 1. The van der Waals surface area contributed by atoms with Crippen molar-refractivity contribution >= 4 is 0 Å². The van der Waals surface area contributed by atoms with E-state index in [9.17, 15) is 0 Å². The lowest BCUT2D eigenvalue weighted by atomic mass is 9.96. The zero-order valence-electron chi connectivity index (χ0n) is 10.8. The number of hydrogen-bond donors (Lipinski definition) is 1. The van der Waals surface area contributed by atoms with E-state index in [0.717, 1.165) is 24.3 Å². The number of rotatable bonds is 4. The molecule has 2 aliphatic rings. The minimum atomic E-state index is 0.332. The normalized spacial score (nSPS) is 26.2. The first-order valence-electron chi connectivity index (χ1n) is 7.12. The molecule has 100 valence electrons. The van der Waals surface area contributed by atoms with Gasteiger partial charge in [0, 0.05) is 6.04 Å². The summed E-state index contributed by atoms with van der Waals surface area (Å²) in [5.74, 6) is 2.23. The third kappa shape index (κ3) is 2.42. The van der Waals surface area contributed by atoms with E-state index in [1.54, 1.807) is 0 Å². The Balaban J connectivity index is 1.63. The van der Waals surface area contributed by atoms with Crippen LogP contribution in [0.2, 0.25) is 0 Å². The molecule has 3 rings (SSSR count). The van der Waals surface area contributed by atoms with Crippen molar-refractivity contribution in [2.75, 3.05) is 6.54 Å². The van der Waals surface area contributed by atoms with Gasteiger partial charge in [0.15, 0.2) is 5.82 Å². The van der Waals surface area contributed by atoms with Crippen molar-refractivity contribution in [1.82, 2.24) is 15.0 Å². The molecule has 1 aliphatic heterocycles. The van der Waals surface area contributed by atoms with Gasteiger partial charge in [0.2, 0.25) is 5.89 Å². The third-order valence-electron chi connectivity index (χ3n) is 4.39. The summed E-state index contributed by atoms with van der Waals surface area (Å²) < 4.78 is 5.07. The molecule has 5 nitrogen and oxygen atoms in total. The molecule has 2 fully saturated rings. The SMILES string of the molecule is NCc1nc(CN2CCCC2C2CCCC2)no1. The largest absolute Gasteiger partial charge is 0.338 e.